The van der Waals surface area contributed by atoms with Crippen LogP contribution in [-0.2, 0) is 12.7 Å². The molecule has 0 aliphatic carbocycles. The third kappa shape index (κ3) is 2.70. The lowest BCUT2D eigenvalue weighted by atomic mass is 9.82. The predicted octanol–water partition coefficient (Wildman–Crippen LogP) is 3.42. The van der Waals surface area contributed by atoms with E-state index in [2.05, 4.69) is 5.32 Å². The lowest BCUT2D eigenvalue weighted by molar-refractivity contribution is -0.138. The van der Waals surface area contributed by atoms with Gasteiger partial charge in [0.05, 0.1) is 17.2 Å². The molecule has 0 spiro atoms. The van der Waals surface area contributed by atoms with E-state index < -0.39 is 17.6 Å². The molecule has 2 unspecified atom stereocenters. The van der Waals surface area contributed by atoms with Crippen LogP contribution in [0.5, 0.6) is 0 Å². The van der Waals surface area contributed by atoms with Crippen molar-refractivity contribution < 1.29 is 18.0 Å². The van der Waals surface area contributed by atoms with Crippen molar-refractivity contribution in [3.8, 4) is 0 Å². The number of benzene rings is 2. The summed E-state index contributed by atoms with van der Waals surface area (Å²) in [6.45, 7) is 1.49. The normalized spacial score (nSPS) is 22.7. The molecule has 2 aliphatic heterocycles. The van der Waals surface area contributed by atoms with E-state index in [4.69, 9.17) is 0 Å². The largest absolute Gasteiger partial charge is 0.417 e. The molecule has 1 N–H and O–H groups in total. The van der Waals surface area contributed by atoms with Gasteiger partial charge in [-0.15, -0.1) is 0 Å². The van der Waals surface area contributed by atoms with Crippen LogP contribution >= 0.6 is 0 Å². The van der Waals surface area contributed by atoms with E-state index in [1.807, 2.05) is 30.3 Å². The van der Waals surface area contributed by atoms with Gasteiger partial charge in [-0.3, -0.25) is 4.79 Å². The molecule has 2 aliphatic rings. The van der Waals surface area contributed by atoms with E-state index in [1.54, 1.807) is 11.0 Å². The monoisotopic (exact) mass is 346 g/mol. The Kier molecular flexibility index (Phi) is 3.80. The molecule has 2 atom stereocenters. The van der Waals surface area contributed by atoms with Crippen molar-refractivity contribution in [3.63, 3.8) is 0 Å². The van der Waals surface area contributed by atoms with Gasteiger partial charge in [-0.1, -0.05) is 42.5 Å². The number of amides is 1. The number of fused-ring (bicyclic) bond motifs is 3. The minimum atomic E-state index is -4.54. The highest BCUT2D eigenvalue weighted by Gasteiger charge is 2.46. The molecule has 0 aromatic heterocycles. The van der Waals surface area contributed by atoms with Gasteiger partial charge in [0.15, 0.2) is 0 Å². The zero-order chi connectivity index (χ0) is 17.6. The summed E-state index contributed by atoms with van der Waals surface area (Å²) in [4.78, 5) is 14.6. The number of hydrogen-bond donors (Lipinski definition) is 1. The molecular formula is C19H17F3N2O. The Morgan fingerprint density at radius 3 is 2.52 bits per heavy atom. The lowest BCUT2D eigenvalue weighted by Crippen LogP contribution is -2.48. The van der Waals surface area contributed by atoms with E-state index in [0.29, 0.717) is 25.2 Å². The standard InChI is InChI=1S/C19H17F3N2O/c20-19(21,22)15-8-4-7-13-14-9-23-10-16(14)24(18(25)17(13)15)11-12-5-2-1-3-6-12/h1-8,14,16,23H,9-11H2. The number of rotatable bonds is 2. The van der Waals surface area contributed by atoms with Crippen LogP contribution in [0.25, 0.3) is 0 Å². The topological polar surface area (TPSA) is 32.3 Å². The van der Waals surface area contributed by atoms with Gasteiger partial charge in [0.1, 0.15) is 0 Å². The quantitative estimate of drug-likeness (QED) is 0.904. The van der Waals surface area contributed by atoms with Crippen LogP contribution in [-0.4, -0.2) is 29.9 Å². The fraction of sp³-hybridized carbons (Fsp3) is 0.316. The van der Waals surface area contributed by atoms with Gasteiger partial charge in [0.2, 0.25) is 0 Å². The second-order valence-electron chi connectivity index (χ2n) is 6.52. The Hall–Kier alpha value is -2.34. The summed E-state index contributed by atoms with van der Waals surface area (Å²) in [5.41, 5.74) is 0.405. The minimum absolute atomic E-state index is 0.112. The average Bonchev–Trinajstić information content (AvgIpc) is 3.08. The Labute approximate surface area is 143 Å². The number of alkyl halides is 3. The van der Waals surface area contributed by atoms with Crippen LogP contribution in [0, 0.1) is 0 Å². The van der Waals surface area contributed by atoms with Crippen molar-refractivity contribution in [1.29, 1.82) is 0 Å². The highest BCUT2D eigenvalue weighted by atomic mass is 19.4. The van der Waals surface area contributed by atoms with E-state index in [0.717, 1.165) is 11.6 Å². The first-order valence-corrected chi connectivity index (χ1v) is 8.22. The molecule has 4 rings (SSSR count). The smallest absolute Gasteiger partial charge is 0.329 e. The molecule has 2 heterocycles. The van der Waals surface area contributed by atoms with Crippen LogP contribution in [0.3, 0.4) is 0 Å². The number of nitrogens with one attached hydrogen (secondary N) is 1. The van der Waals surface area contributed by atoms with Gasteiger partial charge in [-0.05, 0) is 17.2 Å². The van der Waals surface area contributed by atoms with Gasteiger partial charge in [-0.25, -0.2) is 0 Å². The molecule has 1 amide bonds. The zero-order valence-electron chi connectivity index (χ0n) is 13.4. The molecule has 1 fully saturated rings. The molecule has 0 saturated carbocycles. The van der Waals surface area contributed by atoms with Crippen molar-refractivity contribution in [1.82, 2.24) is 10.2 Å². The fourth-order valence-corrected chi connectivity index (χ4v) is 3.93. The van der Waals surface area contributed by atoms with Gasteiger partial charge < -0.3 is 10.2 Å². The molecule has 2 aromatic carbocycles. The van der Waals surface area contributed by atoms with Crippen LogP contribution in [0.1, 0.15) is 33.0 Å². The van der Waals surface area contributed by atoms with Crippen LogP contribution in [0.2, 0.25) is 0 Å². The van der Waals surface area contributed by atoms with Crippen molar-refractivity contribution in [3.05, 3.63) is 70.8 Å². The van der Waals surface area contributed by atoms with Crippen LogP contribution in [0.15, 0.2) is 48.5 Å². The second-order valence-corrected chi connectivity index (χ2v) is 6.52. The third-order valence-corrected chi connectivity index (χ3v) is 5.05. The highest BCUT2D eigenvalue weighted by molar-refractivity contribution is 5.99. The first kappa shape index (κ1) is 16.1. The number of carbonyl (C=O) groups is 1. The molecule has 0 bridgehead atoms. The Morgan fingerprint density at radius 1 is 1.04 bits per heavy atom. The summed E-state index contributed by atoms with van der Waals surface area (Å²) in [7, 11) is 0. The van der Waals surface area contributed by atoms with E-state index in [1.165, 1.54) is 6.07 Å². The molecule has 1 saturated heterocycles. The second kappa shape index (κ2) is 5.88. The predicted molar refractivity (Wildman–Crippen MR) is 87.2 cm³/mol. The summed E-state index contributed by atoms with van der Waals surface area (Å²) < 4.78 is 40.4. The van der Waals surface area contributed by atoms with Crippen molar-refractivity contribution in [2.45, 2.75) is 24.7 Å². The van der Waals surface area contributed by atoms with Crippen LogP contribution in [0.4, 0.5) is 13.2 Å². The molecule has 6 heteroatoms. The molecule has 0 radical (unpaired) electrons. The maximum Gasteiger partial charge on any atom is 0.417 e. The summed E-state index contributed by atoms with van der Waals surface area (Å²) in [6, 6.07) is 13.3. The highest BCUT2D eigenvalue weighted by Crippen LogP contribution is 2.42. The molecule has 25 heavy (non-hydrogen) atoms. The van der Waals surface area contributed by atoms with Gasteiger partial charge in [0.25, 0.3) is 5.91 Å². The minimum Gasteiger partial charge on any atom is -0.329 e. The van der Waals surface area contributed by atoms with E-state index in [-0.39, 0.29) is 17.5 Å². The average molecular weight is 346 g/mol. The number of carbonyl (C=O) groups excluding carboxylic acids is 1. The molecule has 3 nitrogen and oxygen atoms in total. The Morgan fingerprint density at radius 2 is 1.80 bits per heavy atom. The van der Waals surface area contributed by atoms with Crippen molar-refractivity contribution in [2.75, 3.05) is 13.1 Å². The zero-order valence-corrected chi connectivity index (χ0v) is 13.4. The van der Waals surface area contributed by atoms with Crippen molar-refractivity contribution in [2.24, 2.45) is 0 Å². The maximum absolute atomic E-state index is 13.5. The first-order valence-electron chi connectivity index (χ1n) is 8.22. The third-order valence-electron chi connectivity index (χ3n) is 5.05. The number of nitrogens with zero attached hydrogens (tertiary/aromatic N) is 1. The molecular weight excluding hydrogens is 329 g/mol. The molecule has 130 valence electrons. The van der Waals surface area contributed by atoms with Crippen molar-refractivity contribution >= 4 is 5.91 Å². The summed E-state index contributed by atoms with van der Waals surface area (Å²) in [5, 5.41) is 3.22. The Balaban J connectivity index is 1.81. The number of hydrogen-bond acceptors (Lipinski definition) is 2. The SMILES string of the molecule is O=C1c2c(cccc2C(F)(F)F)C2CNCC2N1Cc1ccccc1. The number of halogens is 3. The summed E-state index contributed by atoms with van der Waals surface area (Å²) in [5.74, 6) is -0.643. The van der Waals surface area contributed by atoms with Gasteiger partial charge >= 0.3 is 6.18 Å². The maximum atomic E-state index is 13.5. The summed E-state index contributed by atoms with van der Waals surface area (Å²) >= 11 is 0. The van der Waals surface area contributed by atoms with Gasteiger partial charge in [-0.2, -0.15) is 13.2 Å². The summed E-state index contributed by atoms with van der Waals surface area (Å²) in [6.07, 6.45) is -4.54. The fourth-order valence-electron chi connectivity index (χ4n) is 3.93. The van der Waals surface area contributed by atoms with E-state index in [9.17, 15) is 18.0 Å². The molecule has 2 aromatic rings. The van der Waals surface area contributed by atoms with Gasteiger partial charge in [0, 0.05) is 25.6 Å². The van der Waals surface area contributed by atoms with E-state index >= 15 is 0 Å². The lowest BCUT2D eigenvalue weighted by Gasteiger charge is -2.39. The van der Waals surface area contributed by atoms with Crippen LogP contribution < -0.4 is 5.32 Å². The Bertz CT molecular complexity index is 804. The first-order chi connectivity index (χ1) is 12.0.